The van der Waals surface area contributed by atoms with Crippen LogP contribution in [-0.2, 0) is 0 Å². The Bertz CT molecular complexity index is 110. The van der Waals surface area contributed by atoms with E-state index in [4.69, 9.17) is 5.73 Å². The second-order valence-electron chi connectivity index (χ2n) is 3.69. The molecule has 0 bridgehead atoms. The van der Waals surface area contributed by atoms with Crippen LogP contribution >= 0.6 is 0 Å². The lowest BCUT2D eigenvalue weighted by Crippen LogP contribution is -2.33. The van der Waals surface area contributed by atoms with E-state index in [1.165, 1.54) is 0 Å². The molecule has 4 heteroatoms. The second-order valence-corrected chi connectivity index (χ2v) is 3.69. The molecule has 12 heavy (non-hydrogen) atoms. The van der Waals surface area contributed by atoms with Crippen LogP contribution in [0.15, 0.2) is 0 Å². The molecule has 0 aromatic heterocycles. The molecule has 0 spiro atoms. The largest absolute Gasteiger partial charge is 0.326 e. The minimum absolute atomic E-state index is 0.188. The molecule has 0 aliphatic carbocycles. The van der Waals surface area contributed by atoms with Crippen molar-refractivity contribution in [2.24, 2.45) is 5.73 Å². The van der Waals surface area contributed by atoms with Gasteiger partial charge >= 0.3 is 0 Å². The lowest BCUT2D eigenvalue weighted by molar-refractivity contribution is 0.146. The van der Waals surface area contributed by atoms with E-state index in [0.29, 0.717) is 6.54 Å². The Morgan fingerprint density at radius 1 is 1.42 bits per heavy atom. The fraction of sp³-hybridized carbons (Fsp3) is 1.00. The van der Waals surface area contributed by atoms with Crippen LogP contribution < -0.4 is 11.1 Å². The van der Waals surface area contributed by atoms with Crippen molar-refractivity contribution in [3.63, 3.8) is 0 Å². The molecule has 0 saturated carbocycles. The third-order valence-corrected chi connectivity index (χ3v) is 1.47. The maximum Gasteiger partial charge on any atom is 0.250 e. The fourth-order valence-corrected chi connectivity index (χ4v) is 0.880. The van der Waals surface area contributed by atoms with Gasteiger partial charge in [-0.25, -0.2) is 8.78 Å². The van der Waals surface area contributed by atoms with Gasteiger partial charge in [0.05, 0.1) is 6.54 Å². The van der Waals surface area contributed by atoms with E-state index in [1.54, 1.807) is 0 Å². The predicted molar refractivity (Wildman–Crippen MR) is 46.4 cm³/mol. The van der Waals surface area contributed by atoms with Crippen molar-refractivity contribution in [1.29, 1.82) is 0 Å². The van der Waals surface area contributed by atoms with Crippen LogP contribution in [0.1, 0.15) is 26.7 Å². The van der Waals surface area contributed by atoms with Crippen LogP contribution in [-0.4, -0.2) is 25.1 Å². The topological polar surface area (TPSA) is 38.0 Å². The Morgan fingerprint density at radius 3 is 2.42 bits per heavy atom. The monoisotopic (exact) mass is 180 g/mol. The minimum atomic E-state index is -2.25. The molecular formula is C8H18F2N2. The third-order valence-electron chi connectivity index (χ3n) is 1.47. The minimum Gasteiger partial charge on any atom is -0.326 e. The van der Waals surface area contributed by atoms with E-state index >= 15 is 0 Å². The van der Waals surface area contributed by atoms with Gasteiger partial charge in [-0.1, -0.05) is 0 Å². The Kier molecular flexibility index (Phi) is 5.33. The van der Waals surface area contributed by atoms with Gasteiger partial charge < -0.3 is 11.1 Å². The maximum absolute atomic E-state index is 11.6. The van der Waals surface area contributed by atoms with Crippen LogP contribution in [0.25, 0.3) is 0 Å². The molecule has 2 nitrogen and oxygen atoms in total. The average Bonchev–Trinajstić information content (AvgIpc) is 1.83. The zero-order valence-electron chi connectivity index (χ0n) is 7.74. The molecule has 0 aromatic carbocycles. The van der Waals surface area contributed by atoms with Crippen LogP contribution in [0.5, 0.6) is 0 Å². The zero-order valence-corrected chi connectivity index (χ0v) is 7.74. The number of alkyl halides is 2. The molecule has 0 unspecified atom stereocenters. The van der Waals surface area contributed by atoms with Crippen molar-refractivity contribution in [1.82, 2.24) is 5.32 Å². The van der Waals surface area contributed by atoms with E-state index < -0.39 is 6.43 Å². The molecule has 0 aliphatic heterocycles. The maximum atomic E-state index is 11.6. The van der Waals surface area contributed by atoms with Crippen LogP contribution in [0.2, 0.25) is 0 Å². The third kappa shape index (κ3) is 9.78. The van der Waals surface area contributed by atoms with Gasteiger partial charge in [-0.15, -0.1) is 0 Å². The van der Waals surface area contributed by atoms with Crippen molar-refractivity contribution in [2.45, 2.75) is 38.7 Å². The summed E-state index contributed by atoms with van der Waals surface area (Å²) >= 11 is 0. The highest BCUT2D eigenvalue weighted by Crippen LogP contribution is 2.05. The molecule has 0 atom stereocenters. The molecule has 74 valence electrons. The normalized spacial score (nSPS) is 12.5. The van der Waals surface area contributed by atoms with E-state index in [2.05, 4.69) is 5.32 Å². The molecule has 0 fully saturated rings. The lowest BCUT2D eigenvalue weighted by atomic mass is 10.0. The van der Waals surface area contributed by atoms with Gasteiger partial charge in [0, 0.05) is 5.54 Å². The van der Waals surface area contributed by atoms with Gasteiger partial charge in [-0.2, -0.15) is 0 Å². The summed E-state index contributed by atoms with van der Waals surface area (Å²) in [6, 6.07) is 0. The van der Waals surface area contributed by atoms with Gasteiger partial charge in [0.1, 0.15) is 0 Å². The summed E-state index contributed by atoms with van der Waals surface area (Å²) < 4.78 is 23.2. The van der Waals surface area contributed by atoms with Crippen LogP contribution in [0, 0.1) is 0 Å². The number of rotatable bonds is 6. The Labute approximate surface area is 72.5 Å². The summed E-state index contributed by atoms with van der Waals surface area (Å²) in [7, 11) is 0. The van der Waals surface area contributed by atoms with E-state index in [0.717, 1.165) is 12.8 Å². The number of nitrogens with one attached hydrogen (secondary N) is 1. The van der Waals surface area contributed by atoms with Gasteiger partial charge in [0.15, 0.2) is 0 Å². The van der Waals surface area contributed by atoms with Crippen LogP contribution in [0.4, 0.5) is 8.78 Å². The van der Waals surface area contributed by atoms with E-state index in [-0.39, 0.29) is 12.1 Å². The first kappa shape index (κ1) is 11.8. The van der Waals surface area contributed by atoms with Crippen molar-refractivity contribution >= 4 is 0 Å². The molecule has 0 amide bonds. The Hall–Kier alpha value is -0.220. The lowest BCUT2D eigenvalue weighted by Gasteiger charge is -2.17. The summed E-state index contributed by atoms with van der Waals surface area (Å²) in [6.07, 6.45) is -0.560. The van der Waals surface area contributed by atoms with Gasteiger partial charge in [-0.05, 0) is 33.2 Å². The number of halogens is 2. The molecule has 0 heterocycles. The van der Waals surface area contributed by atoms with Gasteiger partial charge in [0.2, 0.25) is 0 Å². The molecule has 3 N–H and O–H groups in total. The first-order valence-corrected chi connectivity index (χ1v) is 4.19. The first-order chi connectivity index (χ1) is 5.42. The van der Waals surface area contributed by atoms with Crippen LogP contribution in [0.3, 0.4) is 0 Å². The summed E-state index contributed by atoms with van der Waals surface area (Å²) in [4.78, 5) is 0. The van der Waals surface area contributed by atoms with Gasteiger partial charge in [-0.3, -0.25) is 0 Å². The summed E-state index contributed by atoms with van der Waals surface area (Å²) in [5.41, 5.74) is 5.51. The number of nitrogens with two attached hydrogens (primary N) is 1. The number of hydrogen-bond acceptors (Lipinski definition) is 2. The summed E-state index contributed by atoms with van der Waals surface area (Å²) in [5.74, 6) is 0. The van der Waals surface area contributed by atoms with E-state index in [1.807, 2.05) is 13.8 Å². The van der Waals surface area contributed by atoms with Crippen molar-refractivity contribution in [3.05, 3.63) is 0 Å². The molecule has 0 aliphatic rings. The number of hydrogen-bond donors (Lipinski definition) is 2. The highest BCUT2D eigenvalue weighted by Gasteiger charge is 2.09. The quantitative estimate of drug-likeness (QED) is 0.606. The van der Waals surface area contributed by atoms with Crippen molar-refractivity contribution in [2.75, 3.05) is 13.1 Å². The Balaban J connectivity index is 3.12. The molecule has 0 saturated heterocycles. The standard InChI is InChI=1S/C8H18F2N2/c1-8(2,11)4-3-5-12-6-7(9)10/h7,12H,3-6,11H2,1-2H3. The molecule has 0 radical (unpaired) electrons. The molecular weight excluding hydrogens is 162 g/mol. The SMILES string of the molecule is CC(C)(N)CCCNCC(F)F. The smallest absolute Gasteiger partial charge is 0.250 e. The highest BCUT2D eigenvalue weighted by atomic mass is 19.3. The zero-order chi connectivity index (χ0) is 9.61. The van der Waals surface area contributed by atoms with Crippen molar-refractivity contribution < 1.29 is 8.78 Å². The first-order valence-electron chi connectivity index (χ1n) is 4.19. The molecule has 0 aromatic rings. The Morgan fingerprint density at radius 2 is 2.00 bits per heavy atom. The average molecular weight is 180 g/mol. The second kappa shape index (κ2) is 5.43. The molecule has 0 rings (SSSR count). The van der Waals surface area contributed by atoms with Crippen molar-refractivity contribution in [3.8, 4) is 0 Å². The summed E-state index contributed by atoms with van der Waals surface area (Å²) in [6.45, 7) is 4.26. The predicted octanol–water partition coefficient (Wildman–Crippen LogP) is 1.36. The fourth-order valence-electron chi connectivity index (χ4n) is 0.880. The highest BCUT2D eigenvalue weighted by molar-refractivity contribution is 4.71. The van der Waals surface area contributed by atoms with Gasteiger partial charge in [0.25, 0.3) is 6.43 Å². The van der Waals surface area contributed by atoms with E-state index in [9.17, 15) is 8.78 Å². The summed E-state index contributed by atoms with van der Waals surface area (Å²) in [5, 5.41) is 2.65.